The topological polar surface area (TPSA) is 80.3 Å². The van der Waals surface area contributed by atoms with Crippen molar-refractivity contribution in [2.75, 3.05) is 0 Å². The molecule has 17 heavy (non-hydrogen) atoms. The zero-order chi connectivity index (χ0) is 12.8. The number of carbonyl (C=O) groups is 2. The van der Waals surface area contributed by atoms with Gasteiger partial charge in [0.2, 0.25) is 0 Å². The molecule has 0 N–H and O–H groups in total. The molecule has 0 aromatic carbocycles. The number of allylic oxidation sites excluding steroid dienone is 6. The van der Waals surface area contributed by atoms with E-state index in [4.69, 9.17) is 0 Å². The monoisotopic (exact) mass is 286 g/mol. The van der Waals surface area contributed by atoms with Crippen LogP contribution >= 0.6 is 0 Å². The van der Waals surface area contributed by atoms with E-state index >= 15 is 0 Å². The van der Waals surface area contributed by atoms with Crippen LogP contribution in [-0.2, 0) is 29.1 Å². The van der Waals surface area contributed by atoms with Gasteiger partial charge in [0, 0.05) is 0 Å². The van der Waals surface area contributed by atoms with Gasteiger partial charge in [0.15, 0.2) is 0 Å². The van der Waals surface area contributed by atoms with E-state index in [1.54, 1.807) is 38.2 Å². The van der Waals surface area contributed by atoms with Crippen molar-refractivity contribution in [3.05, 3.63) is 48.6 Å². The fraction of sp³-hybridized carbons (Fsp3) is 0.167. The Bertz CT molecular complexity index is 282. The second kappa shape index (κ2) is 16.9. The summed E-state index contributed by atoms with van der Waals surface area (Å²) in [5.41, 5.74) is 0. The van der Waals surface area contributed by atoms with Gasteiger partial charge in [0.05, 0.1) is 11.9 Å². The van der Waals surface area contributed by atoms with Crippen LogP contribution in [-0.4, -0.2) is 11.9 Å². The smallest absolute Gasteiger partial charge is 0.545 e. The summed E-state index contributed by atoms with van der Waals surface area (Å²) < 4.78 is 0. The molecule has 0 saturated carbocycles. The second-order valence-corrected chi connectivity index (χ2v) is 2.41. The maximum absolute atomic E-state index is 9.64. The molecule has 0 aliphatic rings. The SMILES string of the molecule is CC=CC=CC(=O)[O-].CC=CC=CC(=O)[O-].[Zn+2]. The van der Waals surface area contributed by atoms with E-state index in [2.05, 4.69) is 0 Å². The number of carboxylic acid groups (broad SMARTS) is 2. The molecule has 0 aromatic heterocycles. The Labute approximate surface area is 114 Å². The quantitative estimate of drug-likeness (QED) is 0.405. The van der Waals surface area contributed by atoms with Crippen LogP contribution in [0.15, 0.2) is 48.6 Å². The molecule has 0 aromatic rings. The summed E-state index contributed by atoms with van der Waals surface area (Å²) in [5, 5.41) is 19.3. The first-order valence-corrected chi connectivity index (χ1v) is 4.55. The van der Waals surface area contributed by atoms with Gasteiger partial charge in [-0.1, -0.05) is 36.5 Å². The van der Waals surface area contributed by atoms with E-state index in [0.29, 0.717) is 0 Å². The summed E-state index contributed by atoms with van der Waals surface area (Å²) in [7, 11) is 0. The van der Waals surface area contributed by atoms with E-state index in [-0.39, 0.29) is 19.5 Å². The largest absolute Gasteiger partial charge is 2.00 e. The van der Waals surface area contributed by atoms with Crippen molar-refractivity contribution in [2.45, 2.75) is 13.8 Å². The summed E-state index contributed by atoms with van der Waals surface area (Å²) in [6, 6.07) is 0. The number of carboxylic acids is 2. The maximum Gasteiger partial charge on any atom is 2.00 e. The first-order valence-electron chi connectivity index (χ1n) is 4.55. The zero-order valence-corrected chi connectivity index (χ0v) is 12.9. The molecule has 0 atom stereocenters. The van der Waals surface area contributed by atoms with Crippen molar-refractivity contribution < 1.29 is 39.3 Å². The van der Waals surface area contributed by atoms with Gasteiger partial charge in [-0.2, -0.15) is 0 Å². The van der Waals surface area contributed by atoms with Gasteiger partial charge in [-0.05, 0) is 26.0 Å². The van der Waals surface area contributed by atoms with Crippen molar-refractivity contribution in [1.82, 2.24) is 0 Å². The molecule has 0 amide bonds. The van der Waals surface area contributed by atoms with Crippen LogP contribution in [0.3, 0.4) is 0 Å². The van der Waals surface area contributed by atoms with E-state index in [1.165, 1.54) is 12.2 Å². The summed E-state index contributed by atoms with van der Waals surface area (Å²) in [4.78, 5) is 19.3. The molecule has 0 aliphatic carbocycles. The van der Waals surface area contributed by atoms with Crippen molar-refractivity contribution in [2.24, 2.45) is 0 Å². The van der Waals surface area contributed by atoms with Crippen LogP contribution < -0.4 is 10.2 Å². The van der Waals surface area contributed by atoms with Gasteiger partial charge in [-0.3, -0.25) is 0 Å². The second-order valence-electron chi connectivity index (χ2n) is 2.41. The molecular formula is C12H14O4Zn. The third kappa shape index (κ3) is 31.4. The first-order chi connectivity index (χ1) is 7.54. The zero-order valence-electron chi connectivity index (χ0n) is 9.96. The molecule has 5 heteroatoms. The van der Waals surface area contributed by atoms with Gasteiger partial charge in [0.25, 0.3) is 0 Å². The maximum atomic E-state index is 9.64. The molecule has 0 fully saturated rings. The van der Waals surface area contributed by atoms with Crippen LogP contribution in [0.1, 0.15) is 13.8 Å². The van der Waals surface area contributed by atoms with Gasteiger partial charge < -0.3 is 19.8 Å². The minimum atomic E-state index is -1.16. The summed E-state index contributed by atoms with van der Waals surface area (Å²) >= 11 is 0. The molecule has 0 spiro atoms. The average molecular weight is 288 g/mol. The van der Waals surface area contributed by atoms with Gasteiger partial charge in [-0.15, -0.1) is 0 Å². The molecular weight excluding hydrogens is 274 g/mol. The molecule has 4 nitrogen and oxygen atoms in total. The molecule has 0 radical (unpaired) electrons. The Hall–Kier alpha value is -1.48. The number of hydrogen-bond acceptors (Lipinski definition) is 4. The molecule has 0 rings (SSSR count). The predicted octanol–water partition coefficient (Wildman–Crippen LogP) is -0.265. The fourth-order valence-electron chi connectivity index (χ4n) is 0.490. The van der Waals surface area contributed by atoms with Crippen LogP contribution in [0.25, 0.3) is 0 Å². The van der Waals surface area contributed by atoms with Gasteiger partial charge >= 0.3 is 19.5 Å². The Morgan fingerprint density at radius 1 is 0.765 bits per heavy atom. The number of hydrogen-bond donors (Lipinski definition) is 0. The first kappa shape index (κ1) is 20.9. The van der Waals surface area contributed by atoms with Crippen LogP contribution in [0.5, 0.6) is 0 Å². The third-order valence-corrected chi connectivity index (χ3v) is 1.07. The van der Waals surface area contributed by atoms with E-state index in [1.807, 2.05) is 0 Å². The molecule has 0 unspecified atom stereocenters. The van der Waals surface area contributed by atoms with Gasteiger partial charge in [-0.25, -0.2) is 0 Å². The van der Waals surface area contributed by atoms with Crippen LogP contribution in [0.4, 0.5) is 0 Å². The van der Waals surface area contributed by atoms with Gasteiger partial charge in [0.1, 0.15) is 0 Å². The Morgan fingerprint density at radius 2 is 1.06 bits per heavy atom. The minimum absolute atomic E-state index is 0. The van der Waals surface area contributed by atoms with E-state index < -0.39 is 11.9 Å². The number of aliphatic carboxylic acids is 2. The van der Waals surface area contributed by atoms with E-state index in [9.17, 15) is 19.8 Å². The molecule has 88 valence electrons. The molecule has 0 aliphatic heterocycles. The molecule has 0 heterocycles. The third-order valence-electron chi connectivity index (χ3n) is 1.07. The van der Waals surface area contributed by atoms with Crippen molar-refractivity contribution in [1.29, 1.82) is 0 Å². The number of carbonyl (C=O) groups excluding carboxylic acids is 2. The summed E-state index contributed by atoms with van der Waals surface area (Å²) in [5.74, 6) is -2.33. The molecule has 0 saturated heterocycles. The van der Waals surface area contributed by atoms with Crippen molar-refractivity contribution in [3.8, 4) is 0 Å². The average Bonchev–Trinajstić information content (AvgIpc) is 2.18. The van der Waals surface area contributed by atoms with Crippen LogP contribution in [0.2, 0.25) is 0 Å². The van der Waals surface area contributed by atoms with Crippen molar-refractivity contribution >= 4 is 11.9 Å². The minimum Gasteiger partial charge on any atom is -0.545 e. The van der Waals surface area contributed by atoms with Crippen molar-refractivity contribution in [3.63, 3.8) is 0 Å². The standard InChI is InChI=1S/2C6H8O2.Zn/c2*1-2-3-4-5-6(7)8;/h2*2-5H,1H3,(H,7,8);/q;;+2/p-2. The molecule has 0 bridgehead atoms. The Kier molecular flexibility index (Phi) is 20.8. The number of rotatable bonds is 4. The fourth-order valence-corrected chi connectivity index (χ4v) is 0.490. The summed E-state index contributed by atoms with van der Waals surface area (Å²) in [6.45, 7) is 3.61. The summed E-state index contributed by atoms with van der Waals surface area (Å²) in [6.07, 6.45) is 11.5. The van der Waals surface area contributed by atoms with E-state index in [0.717, 1.165) is 12.2 Å². The normalized spacial score (nSPS) is 10.5. The Balaban J connectivity index is -0.000000218. The Morgan fingerprint density at radius 3 is 1.24 bits per heavy atom. The predicted molar refractivity (Wildman–Crippen MR) is 57.9 cm³/mol. The van der Waals surface area contributed by atoms with Crippen LogP contribution in [0, 0.1) is 0 Å².